The number of hydrogen-bond acceptors (Lipinski definition) is 5. The fourth-order valence-corrected chi connectivity index (χ4v) is 1.81. The van der Waals surface area contributed by atoms with E-state index in [0.29, 0.717) is 17.1 Å². The smallest absolute Gasteiger partial charge is 0.224 e. The largest absolute Gasteiger partial charge is 0.497 e. The van der Waals surface area contributed by atoms with E-state index >= 15 is 0 Å². The topological polar surface area (TPSA) is 93.8 Å². The molecule has 1 rings (SSSR count). The minimum atomic E-state index is -0.890. The molecule has 0 aliphatic heterocycles. The molecular formula is C15H25ClN2O4. The van der Waals surface area contributed by atoms with E-state index in [-0.39, 0.29) is 36.8 Å². The number of halogens is 1. The van der Waals surface area contributed by atoms with E-state index in [1.807, 2.05) is 0 Å². The summed E-state index contributed by atoms with van der Waals surface area (Å²) < 4.78 is 10.3. The summed E-state index contributed by atoms with van der Waals surface area (Å²) in [5.74, 6) is 0.647. The number of methoxy groups -OCH3 is 2. The minimum absolute atomic E-state index is 0. The fourth-order valence-electron chi connectivity index (χ4n) is 1.81. The van der Waals surface area contributed by atoms with Gasteiger partial charge in [-0.15, -0.1) is 12.4 Å². The van der Waals surface area contributed by atoms with Crippen LogP contribution >= 0.6 is 12.4 Å². The zero-order valence-corrected chi connectivity index (χ0v) is 14.1. The molecule has 0 heterocycles. The third-order valence-corrected chi connectivity index (χ3v) is 3.47. The summed E-state index contributed by atoms with van der Waals surface area (Å²) in [6.07, 6.45) is -0.890. The van der Waals surface area contributed by atoms with Gasteiger partial charge in [-0.1, -0.05) is 6.92 Å². The number of aliphatic hydroxyl groups is 1. The van der Waals surface area contributed by atoms with Crippen LogP contribution in [0.2, 0.25) is 0 Å². The summed E-state index contributed by atoms with van der Waals surface area (Å²) in [6.45, 7) is 3.60. The lowest BCUT2D eigenvalue weighted by atomic mass is 10.0. The first kappa shape index (κ1) is 20.5. The van der Waals surface area contributed by atoms with Crippen LogP contribution in [0.15, 0.2) is 18.2 Å². The molecule has 0 aliphatic rings. The second kappa shape index (κ2) is 9.50. The first-order valence-electron chi connectivity index (χ1n) is 6.84. The van der Waals surface area contributed by atoms with Gasteiger partial charge in [-0.2, -0.15) is 0 Å². The average Bonchev–Trinajstić information content (AvgIpc) is 2.50. The highest BCUT2D eigenvalue weighted by Crippen LogP contribution is 2.29. The Balaban J connectivity index is 0.00000441. The maximum absolute atomic E-state index is 11.8. The van der Waals surface area contributed by atoms with E-state index in [4.69, 9.17) is 15.2 Å². The Morgan fingerprint density at radius 2 is 1.95 bits per heavy atom. The molecule has 6 nitrogen and oxygen atoms in total. The monoisotopic (exact) mass is 332 g/mol. The predicted molar refractivity (Wildman–Crippen MR) is 87.6 cm³/mol. The van der Waals surface area contributed by atoms with E-state index < -0.39 is 6.10 Å². The number of benzene rings is 1. The highest BCUT2D eigenvalue weighted by Gasteiger charge is 2.20. The maximum Gasteiger partial charge on any atom is 0.224 e. The number of rotatable bonds is 7. The molecule has 4 N–H and O–H groups in total. The summed E-state index contributed by atoms with van der Waals surface area (Å²) in [7, 11) is 3.07. The summed E-state index contributed by atoms with van der Waals surface area (Å²) in [4.78, 5) is 11.8. The number of aliphatic hydroxyl groups excluding tert-OH is 1. The van der Waals surface area contributed by atoms with Crippen molar-refractivity contribution >= 4 is 18.3 Å². The van der Waals surface area contributed by atoms with Crippen LogP contribution in [0.4, 0.5) is 0 Å². The van der Waals surface area contributed by atoms with Gasteiger partial charge in [-0.25, -0.2) is 0 Å². The van der Waals surface area contributed by atoms with Crippen LogP contribution in [-0.4, -0.2) is 37.8 Å². The quantitative estimate of drug-likeness (QED) is 0.699. The van der Waals surface area contributed by atoms with E-state index in [9.17, 15) is 9.90 Å². The average molecular weight is 333 g/mol. The molecule has 0 fully saturated rings. The third kappa shape index (κ3) is 5.36. The SMILES string of the molecule is COc1ccc(OC)c(C(O)CNC(=O)C(C)C(C)N)c1.Cl. The molecule has 3 atom stereocenters. The zero-order valence-electron chi connectivity index (χ0n) is 13.3. The van der Waals surface area contributed by atoms with E-state index in [2.05, 4.69) is 5.32 Å². The van der Waals surface area contributed by atoms with Crippen LogP contribution in [0.5, 0.6) is 11.5 Å². The van der Waals surface area contributed by atoms with E-state index in [1.165, 1.54) is 7.11 Å². The molecule has 7 heteroatoms. The van der Waals surface area contributed by atoms with Crippen LogP contribution in [0.25, 0.3) is 0 Å². The Bertz CT molecular complexity index is 483. The van der Waals surface area contributed by atoms with Crippen LogP contribution < -0.4 is 20.5 Å². The van der Waals surface area contributed by atoms with Gasteiger partial charge in [0.2, 0.25) is 5.91 Å². The Kier molecular flexibility index (Phi) is 8.86. The molecule has 1 aromatic carbocycles. The summed E-state index contributed by atoms with van der Waals surface area (Å²) in [5, 5.41) is 12.9. The van der Waals surface area contributed by atoms with Crippen molar-refractivity contribution in [3.63, 3.8) is 0 Å². The van der Waals surface area contributed by atoms with E-state index in [1.54, 1.807) is 39.2 Å². The molecule has 0 aliphatic carbocycles. The lowest BCUT2D eigenvalue weighted by molar-refractivity contribution is -0.125. The van der Waals surface area contributed by atoms with Crippen LogP contribution in [0.1, 0.15) is 25.5 Å². The van der Waals surface area contributed by atoms with Crippen molar-refractivity contribution in [2.75, 3.05) is 20.8 Å². The second-order valence-electron chi connectivity index (χ2n) is 5.02. The van der Waals surface area contributed by atoms with Crippen LogP contribution in [0.3, 0.4) is 0 Å². The molecule has 0 radical (unpaired) electrons. The van der Waals surface area contributed by atoms with Gasteiger partial charge < -0.3 is 25.6 Å². The maximum atomic E-state index is 11.8. The fraction of sp³-hybridized carbons (Fsp3) is 0.533. The summed E-state index contributed by atoms with van der Waals surface area (Å²) in [6, 6.07) is 4.90. The summed E-state index contributed by atoms with van der Waals surface area (Å²) in [5.41, 5.74) is 6.24. The van der Waals surface area contributed by atoms with Crippen LogP contribution in [-0.2, 0) is 4.79 Å². The molecule has 0 saturated carbocycles. The number of ether oxygens (including phenoxy) is 2. The number of nitrogens with two attached hydrogens (primary N) is 1. The minimum Gasteiger partial charge on any atom is -0.497 e. The number of amides is 1. The Morgan fingerprint density at radius 3 is 2.45 bits per heavy atom. The van der Waals surface area contributed by atoms with Crippen molar-refractivity contribution in [2.24, 2.45) is 11.7 Å². The molecule has 0 bridgehead atoms. The van der Waals surface area contributed by atoms with E-state index in [0.717, 1.165) is 0 Å². The Morgan fingerprint density at radius 1 is 1.32 bits per heavy atom. The van der Waals surface area contributed by atoms with Crippen LogP contribution in [0, 0.1) is 5.92 Å². The van der Waals surface area contributed by atoms with Gasteiger partial charge in [-0.3, -0.25) is 4.79 Å². The molecule has 0 saturated heterocycles. The third-order valence-electron chi connectivity index (χ3n) is 3.47. The molecule has 126 valence electrons. The number of carbonyl (C=O) groups excluding carboxylic acids is 1. The van der Waals surface area contributed by atoms with Gasteiger partial charge in [0.1, 0.15) is 11.5 Å². The highest BCUT2D eigenvalue weighted by molar-refractivity contribution is 5.85. The molecule has 22 heavy (non-hydrogen) atoms. The Hall–Kier alpha value is -1.50. The van der Waals surface area contributed by atoms with Gasteiger partial charge >= 0.3 is 0 Å². The van der Waals surface area contributed by atoms with Crippen molar-refractivity contribution in [1.82, 2.24) is 5.32 Å². The molecule has 0 spiro atoms. The van der Waals surface area contributed by atoms with Gasteiger partial charge in [-0.05, 0) is 25.1 Å². The second-order valence-corrected chi connectivity index (χ2v) is 5.02. The molecule has 1 amide bonds. The first-order valence-corrected chi connectivity index (χ1v) is 6.84. The lowest BCUT2D eigenvalue weighted by Gasteiger charge is -2.19. The van der Waals surface area contributed by atoms with Crippen molar-refractivity contribution in [3.8, 4) is 11.5 Å². The highest BCUT2D eigenvalue weighted by atomic mass is 35.5. The van der Waals surface area contributed by atoms with Gasteiger partial charge in [0.15, 0.2) is 0 Å². The molecule has 1 aromatic rings. The van der Waals surface area contributed by atoms with Crippen molar-refractivity contribution in [3.05, 3.63) is 23.8 Å². The van der Waals surface area contributed by atoms with Crippen molar-refractivity contribution in [2.45, 2.75) is 26.0 Å². The molecule has 0 aromatic heterocycles. The Labute approximate surface area is 137 Å². The molecular weight excluding hydrogens is 308 g/mol. The van der Waals surface area contributed by atoms with Gasteiger partial charge in [0.25, 0.3) is 0 Å². The van der Waals surface area contributed by atoms with Crippen molar-refractivity contribution in [1.29, 1.82) is 0 Å². The van der Waals surface area contributed by atoms with Gasteiger partial charge in [0, 0.05) is 24.1 Å². The normalized spacial score (nSPS) is 14.3. The predicted octanol–water partition coefficient (Wildman–Crippen LogP) is 1.26. The summed E-state index contributed by atoms with van der Waals surface area (Å²) >= 11 is 0. The van der Waals surface area contributed by atoms with Crippen molar-refractivity contribution < 1.29 is 19.4 Å². The number of nitrogens with one attached hydrogen (secondary N) is 1. The lowest BCUT2D eigenvalue weighted by Crippen LogP contribution is -2.40. The number of carbonyl (C=O) groups is 1. The molecule has 3 unspecified atom stereocenters. The first-order chi connectivity index (χ1) is 9.90. The number of hydrogen-bond donors (Lipinski definition) is 3. The van der Waals surface area contributed by atoms with Gasteiger partial charge in [0.05, 0.1) is 20.3 Å². The zero-order chi connectivity index (χ0) is 16.0. The standard InChI is InChI=1S/C15H24N2O4.ClH/c1-9(10(2)16)15(19)17-8-13(18)12-7-11(20-3)5-6-14(12)21-4;/h5-7,9-10,13,18H,8,16H2,1-4H3,(H,17,19);1H.